The van der Waals surface area contributed by atoms with E-state index in [1.165, 1.54) is 0 Å². The van der Waals surface area contributed by atoms with Gasteiger partial charge in [-0.2, -0.15) is 0 Å². The Labute approximate surface area is 91.0 Å². The molecule has 1 saturated carbocycles. The molecule has 1 amide bonds. The summed E-state index contributed by atoms with van der Waals surface area (Å²) in [5, 5.41) is 12.4. The second-order valence-corrected chi connectivity index (χ2v) is 5.10. The molecule has 15 heavy (non-hydrogen) atoms. The Hall–Kier alpha value is -0.770. The molecule has 0 spiro atoms. The average molecular weight is 215 g/mol. The van der Waals surface area contributed by atoms with Gasteiger partial charge in [0, 0.05) is 0 Å². The van der Waals surface area contributed by atoms with Crippen molar-refractivity contribution >= 4 is 6.09 Å². The molecule has 88 valence electrons. The zero-order valence-electron chi connectivity index (χ0n) is 9.75. The Morgan fingerprint density at radius 1 is 1.33 bits per heavy atom. The molecule has 0 bridgehead atoms. The zero-order valence-corrected chi connectivity index (χ0v) is 9.75. The smallest absolute Gasteiger partial charge is 0.407 e. The highest BCUT2D eigenvalue weighted by Crippen LogP contribution is 2.18. The maximum atomic E-state index is 11.4. The molecule has 2 atom stereocenters. The number of carbonyl (C=O) groups excluding carboxylic acids is 1. The lowest BCUT2D eigenvalue weighted by Gasteiger charge is -2.29. The highest BCUT2D eigenvalue weighted by molar-refractivity contribution is 5.68. The highest BCUT2D eigenvalue weighted by atomic mass is 16.6. The van der Waals surface area contributed by atoms with Crippen molar-refractivity contribution in [2.75, 3.05) is 0 Å². The monoisotopic (exact) mass is 215 g/mol. The SMILES string of the molecule is CC(C)(C)OC(=O)N[C@@H]1CCCCC1O. The summed E-state index contributed by atoms with van der Waals surface area (Å²) in [6.07, 6.45) is 2.83. The van der Waals surface area contributed by atoms with Crippen LogP contribution in [0.1, 0.15) is 46.5 Å². The van der Waals surface area contributed by atoms with E-state index in [0.29, 0.717) is 0 Å². The number of carbonyl (C=O) groups is 1. The normalized spacial score (nSPS) is 27.2. The van der Waals surface area contributed by atoms with E-state index in [1.807, 2.05) is 20.8 Å². The van der Waals surface area contributed by atoms with Gasteiger partial charge < -0.3 is 15.2 Å². The lowest BCUT2D eigenvalue weighted by atomic mass is 9.93. The van der Waals surface area contributed by atoms with Crippen molar-refractivity contribution in [2.45, 2.75) is 64.2 Å². The lowest BCUT2D eigenvalue weighted by Crippen LogP contribution is -2.46. The molecule has 4 nitrogen and oxygen atoms in total. The molecule has 1 fully saturated rings. The lowest BCUT2D eigenvalue weighted by molar-refractivity contribution is 0.0363. The first-order chi connectivity index (χ1) is 6.88. The van der Waals surface area contributed by atoms with Crippen LogP contribution in [0.15, 0.2) is 0 Å². The van der Waals surface area contributed by atoms with Crippen LogP contribution in [0, 0.1) is 0 Å². The molecule has 1 unspecified atom stereocenters. The summed E-state index contributed by atoms with van der Waals surface area (Å²) >= 11 is 0. The molecule has 1 aliphatic rings. The number of hydrogen-bond donors (Lipinski definition) is 2. The van der Waals surface area contributed by atoms with E-state index in [-0.39, 0.29) is 6.04 Å². The van der Waals surface area contributed by atoms with Gasteiger partial charge in [-0.15, -0.1) is 0 Å². The third-order valence-corrected chi connectivity index (χ3v) is 2.43. The van der Waals surface area contributed by atoms with Gasteiger partial charge in [-0.1, -0.05) is 12.8 Å². The largest absolute Gasteiger partial charge is 0.444 e. The molecule has 0 aromatic rings. The summed E-state index contributed by atoms with van der Waals surface area (Å²) in [7, 11) is 0. The molecule has 1 rings (SSSR count). The van der Waals surface area contributed by atoms with Crippen LogP contribution in [0.2, 0.25) is 0 Å². The fraction of sp³-hybridized carbons (Fsp3) is 0.909. The van der Waals surface area contributed by atoms with Crippen molar-refractivity contribution in [2.24, 2.45) is 0 Å². The van der Waals surface area contributed by atoms with Gasteiger partial charge >= 0.3 is 6.09 Å². The van der Waals surface area contributed by atoms with E-state index >= 15 is 0 Å². The fourth-order valence-corrected chi connectivity index (χ4v) is 1.74. The van der Waals surface area contributed by atoms with E-state index in [4.69, 9.17) is 4.74 Å². The van der Waals surface area contributed by atoms with Crippen molar-refractivity contribution in [3.63, 3.8) is 0 Å². The van der Waals surface area contributed by atoms with Crippen LogP contribution in [-0.2, 0) is 4.74 Å². The molecule has 0 aromatic carbocycles. The summed E-state index contributed by atoms with van der Waals surface area (Å²) in [6, 6.07) is -0.145. The summed E-state index contributed by atoms with van der Waals surface area (Å²) in [4.78, 5) is 11.4. The van der Waals surface area contributed by atoms with Crippen molar-refractivity contribution in [1.29, 1.82) is 0 Å². The predicted octanol–water partition coefficient (Wildman–Crippen LogP) is 1.81. The Morgan fingerprint density at radius 2 is 1.93 bits per heavy atom. The third kappa shape index (κ3) is 4.51. The van der Waals surface area contributed by atoms with Crippen molar-refractivity contribution in [3.05, 3.63) is 0 Å². The van der Waals surface area contributed by atoms with E-state index in [9.17, 15) is 9.90 Å². The Kier molecular flexibility index (Phi) is 3.97. The quantitative estimate of drug-likeness (QED) is 0.701. The molecule has 4 heteroatoms. The Morgan fingerprint density at radius 3 is 2.47 bits per heavy atom. The van der Waals surface area contributed by atoms with E-state index in [2.05, 4.69) is 5.32 Å². The first-order valence-corrected chi connectivity index (χ1v) is 5.56. The molecular formula is C11H21NO3. The van der Waals surface area contributed by atoms with Crippen LogP contribution in [0.25, 0.3) is 0 Å². The maximum Gasteiger partial charge on any atom is 0.407 e. The first kappa shape index (κ1) is 12.3. The van der Waals surface area contributed by atoms with E-state index < -0.39 is 17.8 Å². The van der Waals surface area contributed by atoms with Gasteiger partial charge in [0.15, 0.2) is 0 Å². The topological polar surface area (TPSA) is 58.6 Å². The molecule has 0 aliphatic heterocycles. The van der Waals surface area contributed by atoms with Gasteiger partial charge in [-0.25, -0.2) is 4.79 Å². The van der Waals surface area contributed by atoms with Crippen LogP contribution >= 0.6 is 0 Å². The predicted molar refractivity (Wildman–Crippen MR) is 57.6 cm³/mol. The van der Waals surface area contributed by atoms with Crippen molar-refractivity contribution in [3.8, 4) is 0 Å². The van der Waals surface area contributed by atoms with Gasteiger partial charge in [-0.05, 0) is 33.6 Å². The van der Waals surface area contributed by atoms with Crippen molar-refractivity contribution in [1.82, 2.24) is 5.32 Å². The molecule has 2 N–H and O–H groups in total. The van der Waals surface area contributed by atoms with E-state index in [0.717, 1.165) is 25.7 Å². The van der Waals surface area contributed by atoms with Gasteiger partial charge in [0.05, 0.1) is 12.1 Å². The standard InChI is InChI=1S/C11H21NO3/c1-11(2,3)15-10(14)12-8-6-4-5-7-9(8)13/h8-9,13H,4-7H2,1-3H3,(H,12,14)/t8-,9?/m1/s1. The van der Waals surface area contributed by atoms with Crippen LogP contribution < -0.4 is 5.32 Å². The maximum absolute atomic E-state index is 11.4. The minimum absolute atomic E-state index is 0.145. The van der Waals surface area contributed by atoms with Gasteiger partial charge in [0.25, 0.3) is 0 Å². The number of hydrogen-bond acceptors (Lipinski definition) is 3. The minimum Gasteiger partial charge on any atom is -0.444 e. The van der Waals surface area contributed by atoms with Gasteiger partial charge in [0.1, 0.15) is 5.60 Å². The number of rotatable bonds is 1. The number of alkyl carbamates (subject to hydrolysis) is 1. The zero-order chi connectivity index (χ0) is 11.5. The number of nitrogens with one attached hydrogen (secondary N) is 1. The third-order valence-electron chi connectivity index (χ3n) is 2.43. The van der Waals surface area contributed by atoms with Gasteiger partial charge in [0.2, 0.25) is 0 Å². The molecule has 0 aromatic heterocycles. The molecule has 0 heterocycles. The second-order valence-electron chi connectivity index (χ2n) is 5.10. The summed E-state index contributed by atoms with van der Waals surface area (Å²) in [5.41, 5.74) is -0.482. The second kappa shape index (κ2) is 4.84. The summed E-state index contributed by atoms with van der Waals surface area (Å²) < 4.78 is 5.13. The highest BCUT2D eigenvalue weighted by Gasteiger charge is 2.26. The molecule has 0 radical (unpaired) electrons. The fourth-order valence-electron chi connectivity index (χ4n) is 1.74. The molecular weight excluding hydrogens is 194 g/mol. The number of aliphatic hydroxyl groups is 1. The minimum atomic E-state index is -0.482. The first-order valence-electron chi connectivity index (χ1n) is 5.56. The van der Waals surface area contributed by atoms with Crippen LogP contribution in [0.4, 0.5) is 4.79 Å². The number of aliphatic hydroxyl groups excluding tert-OH is 1. The molecule has 0 saturated heterocycles. The number of ether oxygens (including phenoxy) is 1. The van der Waals surface area contributed by atoms with Crippen LogP contribution in [0.3, 0.4) is 0 Å². The Bertz CT molecular complexity index is 222. The summed E-state index contributed by atoms with van der Waals surface area (Å²) in [5.74, 6) is 0. The summed E-state index contributed by atoms with van der Waals surface area (Å²) in [6.45, 7) is 5.47. The average Bonchev–Trinajstić information content (AvgIpc) is 2.05. The van der Waals surface area contributed by atoms with Crippen LogP contribution in [0.5, 0.6) is 0 Å². The Balaban J connectivity index is 2.36. The molecule has 1 aliphatic carbocycles. The van der Waals surface area contributed by atoms with Crippen molar-refractivity contribution < 1.29 is 14.6 Å². The van der Waals surface area contributed by atoms with E-state index in [1.54, 1.807) is 0 Å². The van der Waals surface area contributed by atoms with Gasteiger partial charge in [-0.3, -0.25) is 0 Å². The number of amides is 1. The van der Waals surface area contributed by atoms with Crippen LogP contribution in [-0.4, -0.2) is 28.9 Å².